The molecule has 0 bridgehead atoms. The van der Waals surface area contributed by atoms with Gasteiger partial charge in [-0.25, -0.2) is 4.98 Å². The first-order valence-electron chi connectivity index (χ1n) is 5.69. The summed E-state index contributed by atoms with van der Waals surface area (Å²) in [4.78, 5) is 30.8. The number of carbonyl (C=O) groups excluding carboxylic acids is 2. The van der Waals surface area contributed by atoms with Gasteiger partial charge in [-0.3, -0.25) is 9.59 Å². The third-order valence-electron chi connectivity index (χ3n) is 2.79. The molecule has 94 valence electrons. The number of hydrogen-bond donors (Lipinski definition) is 2. The van der Waals surface area contributed by atoms with Crippen LogP contribution in [0.25, 0.3) is 11.0 Å². The Bertz CT molecular complexity index is 631. The van der Waals surface area contributed by atoms with Crippen LogP contribution in [0, 0.1) is 0 Å². The highest BCUT2D eigenvalue weighted by Crippen LogP contribution is 2.22. The van der Waals surface area contributed by atoms with Crippen LogP contribution in [0.1, 0.15) is 40.4 Å². The zero-order valence-corrected chi connectivity index (χ0v) is 11.2. The molecule has 5 heteroatoms. The molecule has 0 aliphatic carbocycles. The summed E-state index contributed by atoms with van der Waals surface area (Å²) in [7, 11) is 0. The van der Waals surface area contributed by atoms with E-state index in [9.17, 15) is 9.59 Å². The van der Waals surface area contributed by atoms with Gasteiger partial charge in [0.05, 0.1) is 16.6 Å². The molecule has 1 N–H and O–H groups in total. The van der Waals surface area contributed by atoms with Crippen molar-refractivity contribution in [1.82, 2.24) is 9.97 Å². The van der Waals surface area contributed by atoms with Crippen LogP contribution in [0.15, 0.2) is 12.1 Å². The monoisotopic (exact) mass is 262 g/mol. The number of nitrogens with zero attached hydrogens (tertiary/aromatic N) is 1. The van der Waals surface area contributed by atoms with Crippen LogP contribution in [0.4, 0.5) is 0 Å². The highest BCUT2D eigenvalue weighted by molar-refractivity contribution is 7.80. The molecule has 0 atom stereocenters. The topological polar surface area (TPSA) is 62.8 Å². The number of imidazole rings is 1. The van der Waals surface area contributed by atoms with E-state index in [1.807, 2.05) is 0 Å². The Kier molecular flexibility index (Phi) is 3.52. The first kappa shape index (κ1) is 12.8. The quantitative estimate of drug-likeness (QED) is 0.657. The molecule has 1 heterocycles. The van der Waals surface area contributed by atoms with Crippen molar-refractivity contribution in [3.05, 3.63) is 29.1 Å². The summed E-state index contributed by atoms with van der Waals surface area (Å²) in [5.41, 5.74) is 2.22. The largest absolute Gasteiger partial charge is 0.341 e. The van der Waals surface area contributed by atoms with Crippen molar-refractivity contribution in [2.24, 2.45) is 0 Å². The normalized spacial score (nSPS) is 10.8. The minimum Gasteiger partial charge on any atom is -0.341 e. The van der Waals surface area contributed by atoms with Crippen molar-refractivity contribution >= 4 is 35.2 Å². The van der Waals surface area contributed by atoms with Gasteiger partial charge < -0.3 is 4.98 Å². The first-order chi connectivity index (χ1) is 8.54. The summed E-state index contributed by atoms with van der Waals surface area (Å²) >= 11 is 4.15. The summed E-state index contributed by atoms with van der Waals surface area (Å²) in [6, 6.07) is 3.42. The van der Waals surface area contributed by atoms with Gasteiger partial charge in [0.15, 0.2) is 11.6 Å². The van der Waals surface area contributed by atoms with E-state index in [1.165, 1.54) is 13.8 Å². The van der Waals surface area contributed by atoms with Crippen LogP contribution in [-0.4, -0.2) is 27.3 Å². The van der Waals surface area contributed by atoms with E-state index in [0.29, 0.717) is 34.3 Å². The molecule has 2 rings (SSSR count). The molecule has 4 nitrogen and oxygen atoms in total. The summed E-state index contributed by atoms with van der Waals surface area (Å²) in [5.74, 6) is 1.21. The number of aryl methyl sites for hydroxylation is 1. The van der Waals surface area contributed by atoms with E-state index in [-0.39, 0.29) is 11.6 Å². The van der Waals surface area contributed by atoms with Crippen molar-refractivity contribution in [2.75, 3.05) is 5.75 Å². The van der Waals surface area contributed by atoms with Gasteiger partial charge in [-0.1, -0.05) is 0 Å². The Balaban J connectivity index is 2.72. The number of rotatable bonds is 4. The predicted molar refractivity (Wildman–Crippen MR) is 73.7 cm³/mol. The van der Waals surface area contributed by atoms with Crippen LogP contribution >= 0.6 is 12.6 Å². The second kappa shape index (κ2) is 4.94. The predicted octanol–water partition coefficient (Wildman–Crippen LogP) is 2.44. The van der Waals surface area contributed by atoms with Crippen LogP contribution in [-0.2, 0) is 6.42 Å². The maximum Gasteiger partial charge on any atom is 0.162 e. The maximum atomic E-state index is 11.7. The maximum absolute atomic E-state index is 11.7. The number of thiol groups is 1. The van der Waals surface area contributed by atoms with Crippen molar-refractivity contribution in [3.63, 3.8) is 0 Å². The molecule has 18 heavy (non-hydrogen) atoms. The van der Waals surface area contributed by atoms with Gasteiger partial charge in [0.2, 0.25) is 0 Å². The number of H-pyrrole nitrogens is 1. The van der Waals surface area contributed by atoms with Crippen molar-refractivity contribution in [3.8, 4) is 0 Å². The van der Waals surface area contributed by atoms with Crippen LogP contribution in [0.2, 0.25) is 0 Å². The van der Waals surface area contributed by atoms with Crippen molar-refractivity contribution in [1.29, 1.82) is 0 Å². The number of Topliss-reactive ketones (excluding diaryl/α,β-unsaturated/α-hetero) is 2. The minimum absolute atomic E-state index is 0.118. The van der Waals surface area contributed by atoms with E-state index in [1.54, 1.807) is 12.1 Å². The number of aromatic nitrogens is 2. The van der Waals surface area contributed by atoms with E-state index < -0.39 is 0 Å². The van der Waals surface area contributed by atoms with Gasteiger partial charge in [0.25, 0.3) is 0 Å². The summed E-state index contributed by atoms with van der Waals surface area (Å²) in [5, 5.41) is 0. The average Bonchev–Trinajstić information content (AvgIpc) is 2.69. The van der Waals surface area contributed by atoms with Gasteiger partial charge in [-0.2, -0.15) is 12.6 Å². The van der Waals surface area contributed by atoms with Crippen LogP contribution in [0.5, 0.6) is 0 Å². The standard InChI is InChI=1S/C13H14N2O2S/c1-7(16)9-3-4-10-13(12(9)8(2)17)15-11(14-10)5-6-18/h3-4,18H,5-6H2,1-2H3,(H,14,15). The Morgan fingerprint density at radius 3 is 2.56 bits per heavy atom. The molecule has 2 aromatic rings. The fourth-order valence-corrected chi connectivity index (χ4v) is 2.22. The van der Waals surface area contributed by atoms with E-state index in [0.717, 1.165) is 5.82 Å². The van der Waals surface area contributed by atoms with Gasteiger partial charge in [-0.15, -0.1) is 0 Å². The Morgan fingerprint density at radius 2 is 2.00 bits per heavy atom. The van der Waals surface area contributed by atoms with E-state index in [2.05, 4.69) is 22.6 Å². The Labute approximate surface area is 110 Å². The first-order valence-corrected chi connectivity index (χ1v) is 6.32. The zero-order chi connectivity index (χ0) is 13.3. The number of ketones is 2. The van der Waals surface area contributed by atoms with Crippen LogP contribution in [0.3, 0.4) is 0 Å². The Morgan fingerprint density at radius 1 is 1.28 bits per heavy atom. The molecule has 0 saturated carbocycles. The second-order valence-corrected chi connectivity index (χ2v) is 4.60. The number of aromatic amines is 1. The molecule has 0 fully saturated rings. The zero-order valence-electron chi connectivity index (χ0n) is 10.3. The van der Waals surface area contributed by atoms with Crippen LogP contribution < -0.4 is 0 Å². The second-order valence-electron chi connectivity index (χ2n) is 4.15. The SMILES string of the molecule is CC(=O)c1ccc2nc(CCS)[nH]c2c1C(C)=O. The Hall–Kier alpha value is -1.62. The highest BCUT2D eigenvalue weighted by atomic mass is 32.1. The third-order valence-corrected chi connectivity index (χ3v) is 3.01. The molecule has 0 radical (unpaired) electrons. The molecule has 0 saturated heterocycles. The fraction of sp³-hybridized carbons (Fsp3) is 0.308. The average molecular weight is 262 g/mol. The van der Waals surface area contributed by atoms with Gasteiger partial charge in [0, 0.05) is 12.0 Å². The molecule has 0 spiro atoms. The lowest BCUT2D eigenvalue weighted by atomic mass is 10.00. The number of benzene rings is 1. The summed E-state index contributed by atoms with van der Waals surface area (Å²) < 4.78 is 0. The van der Waals surface area contributed by atoms with Gasteiger partial charge in [-0.05, 0) is 31.7 Å². The van der Waals surface area contributed by atoms with E-state index in [4.69, 9.17) is 0 Å². The van der Waals surface area contributed by atoms with Gasteiger partial charge >= 0.3 is 0 Å². The lowest BCUT2D eigenvalue weighted by Gasteiger charge is -2.04. The summed E-state index contributed by atoms with van der Waals surface area (Å²) in [6.07, 6.45) is 0.699. The fourth-order valence-electron chi connectivity index (χ4n) is 2.01. The summed E-state index contributed by atoms with van der Waals surface area (Å²) in [6.45, 7) is 2.92. The molecule has 0 unspecified atom stereocenters. The molecular formula is C13H14N2O2S. The number of nitrogens with one attached hydrogen (secondary N) is 1. The molecule has 0 aliphatic rings. The number of carbonyl (C=O) groups is 2. The number of hydrogen-bond acceptors (Lipinski definition) is 4. The molecular weight excluding hydrogens is 248 g/mol. The number of fused-ring (bicyclic) bond motifs is 1. The van der Waals surface area contributed by atoms with Gasteiger partial charge in [0.1, 0.15) is 5.82 Å². The molecule has 0 aliphatic heterocycles. The minimum atomic E-state index is -0.133. The third kappa shape index (κ3) is 2.18. The van der Waals surface area contributed by atoms with Crippen molar-refractivity contribution in [2.45, 2.75) is 20.3 Å². The smallest absolute Gasteiger partial charge is 0.162 e. The lowest BCUT2D eigenvalue weighted by Crippen LogP contribution is -2.05. The van der Waals surface area contributed by atoms with Crippen molar-refractivity contribution < 1.29 is 9.59 Å². The highest BCUT2D eigenvalue weighted by Gasteiger charge is 2.17. The molecule has 1 aromatic heterocycles. The molecule has 0 amide bonds. The molecule has 1 aromatic carbocycles. The lowest BCUT2D eigenvalue weighted by molar-refractivity contribution is 0.0982. The van der Waals surface area contributed by atoms with E-state index >= 15 is 0 Å².